The monoisotopic (exact) mass is 403 g/mol. The van der Waals surface area contributed by atoms with Crippen LogP contribution in [-0.4, -0.2) is 29.6 Å². The summed E-state index contributed by atoms with van der Waals surface area (Å²) in [6.07, 6.45) is 0. The smallest absolute Gasteiger partial charge is 0.207 e. The molecule has 1 saturated heterocycles. The van der Waals surface area contributed by atoms with Gasteiger partial charge in [-0.2, -0.15) is 0 Å². The Hall–Kier alpha value is -2.46. The molecular weight excluding hydrogens is 390 g/mol. The highest BCUT2D eigenvalue weighted by Gasteiger charge is 2.51. The summed E-state index contributed by atoms with van der Waals surface area (Å²) in [7, 11) is 0. The molecule has 1 heterocycles. The van der Waals surface area contributed by atoms with Crippen molar-refractivity contribution in [3.63, 3.8) is 0 Å². The van der Waals surface area contributed by atoms with Crippen molar-refractivity contribution < 1.29 is 9.59 Å². The Morgan fingerprint density at radius 3 is 1.58 bits per heavy atom. The third kappa shape index (κ3) is 1.64. The molecule has 1 aliphatic heterocycles. The van der Waals surface area contributed by atoms with E-state index < -0.39 is 0 Å². The van der Waals surface area contributed by atoms with Crippen molar-refractivity contribution in [3.8, 4) is 0 Å². The molecule has 0 amide bonds. The van der Waals surface area contributed by atoms with Crippen LogP contribution in [0.1, 0.15) is 34.1 Å². The summed E-state index contributed by atoms with van der Waals surface area (Å²) in [4.78, 5) is 28.8. The molecular formula is C22H14BrNO2. The average molecular weight is 404 g/mol. The van der Waals surface area contributed by atoms with Crippen LogP contribution < -0.4 is 0 Å². The van der Waals surface area contributed by atoms with Crippen molar-refractivity contribution in [2.75, 3.05) is 13.1 Å². The van der Waals surface area contributed by atoms with Gasteiger partial charge < -0.3 is 4.90 Å². The van der Waals surface area contributed by atoms with Crippen LogP contribution in [0.15, 0.2) is 69.9 Å². The summed E-state index contributed by atoms with van der Waals surface area (Å²) in [5, 5.41) is 0. The fourth-order valence-corrected chi connectivity index (χ4v) is 5.50. The summed E-state index contributed by atoms with van der Waals surface area (Å²) in [5.74, 6) is -0.306. The molecule has 0 unspecified atom stereocenters. The number of allylic oxidation sites excluding steroid dienone is 3. The zero-order valence-electron chi connectivity index (χ0n) is 13.8. The Kier molecular flexibility index (Phi) is 2.73. The third-order valence-corrected chi connectivity index (χ3v) is 6.71. The summed E-state index contributed by atoms with van der Waals surface area (Å²) < 4.78 is 0.432. The molecule has 0 spiro atoms. The van der Waals surface area contributed by atoms with Gasteiger partial charge in [0.2, 0.25) is 5.78 Å². The molecule has 2 aromatic rings. The second-order valence-electron chi connectivity index (χ2n) is 7.26. The van der Waals surface area contributed by atoms with Crippen LogP contribution in [0.2, 0.25) is 0 Å². The molecule has 1 fully saturated rings. The summed E-state index contributed by atoms with van der Waals surface area (Å²) in [6.45, 7) is 1.68. The SMILES string of the molecule is O=C1C(Br)=C(N2CC2)C(=O)C2=C1C1c3ccccc3C2c2ccccc21. The third-order valence-electron chi connectivity index (χ3n) is 5.98. The Labute approximate surface area is 159 Å². The zero-order chi connectivity index (χ0) is 17.6. The largest absolute Gasteiger partial charge is 0.364 e. The van der Waals surface area contributed by atoms with Crippen LogP contribution in [0, 0.1) is 0 Å². The van der Waals surface area contributed by atoms with E-state index in [-0.39, 0.29) is 23.4 Å². The first-order chi connectivity index (χ1) is 12.7. The summed E-state index contributed by atoms with van der Waals surface area (Å²) in [5.41, 5.74) is 6.57. The first-order valence-corrected chi connectivity index (χ1v) is 9.63. The number of halogens is 1. The van der Waals surface area contributed by atoms with Gasteiger partial charge in [-0.25, -0.2) is 0 Å². The summed E-state index contributed by atoms with van der Waals surface area (Å²) in [6, 6.07) is 16.5. The minimum absolute atomic E-state index is 0.0166. The first-order valence-electron chi connectivity index (χ1n) is 8.84. The van der Waals surface area contributed by atoms with E-state index in [1.807, 2.05) is 29.2 Å². The molecule has 4 aliphatic carbocycles. The van der Waals surface area contributed by atoms with Crippen LogP contribution >= 0.6 is 15.9 Å². The highest BCUT2D eigenvalue weighted by molar-refractivity contribution is 9.12. The van der Waals surface area contributed by atoms with Gasteiger partial charge in [-0.15, -0.1) is 0 Å². The lowest BCUT2D eigenvalue weighted by molar-refractivity contribution is -0.117. The quantitative estimate of drug-likeness (QED) is 0.538. The van der Waals surface area contributed by atoms with Gasteiger partial charge in [-0.3, -0.25) is 9.59 Å². The molecule has 0 aromatic heterocycles. The Balaban J connectivity index is 1.67. The normalized spacial score (nSPS) is 25.3. The van der Waals surface area contributed by atoms with Crippen LogP contribution in [0.3, 0.4) is 0 Å². The number of ketones is 2. The van der Waals surface area contributed by atoms with Gasteiger partial charge in [0.1, 0.15) is 5.70 Å². The van der Waals surface area contributed by atoms with Crippen molar-refractivity contribution in [2.24, 2.45) is 0 Å². The lowest BCUT2D eigenvalue weighted by Crippen LogP contribution is -2.38. The molecule has 5 aliphatic rings. The van der Waals surface area contributed by atoms with Gasteiger partial charge in [-0.1, -0.05) is 48.5 Å². The highest BCUT2D eigenvalue weighted by atomic mass is 79.9. The van der Waals surface area contributed by atoms with Gasteiger partial charge in [0.05, 0.1) is 4.48 Å². The van der Waals surface area contributed by atoms with Crippen LogP contribution in [-0.2, 0) is 9.59 Å². The Morgan fingerprint density at radius 1 is 0.731 bits per heavy atom. The number of benzene rings is 2. The molecule has 0 saturated carbocycles. The zero-order valence-corrected chi connectivity index (χ0v) is 15.4. The molecule has 2 bridgehead atoms. The maximum absolute atomic E-state index is 13.5. The fourth-order valence-electron chi connectivity index (χ4n) is 4.86. The number of carbonyl (C=O) groups excluding carboxylic acids is 2. The minimum Gasteiger partial charge on any atom is -0.364 e. The van der Waals surface area contributed by atoms with E-state index in [0.717, 1.165) is 24.2 Å². The number of carbonyl (C=O) groups is 2. The van der Waals surface area contributed by atoms with Gasteiger partial charge >= 0.3 is 0 Å². The lowest BCUT2D eigenvalue weighted by Gasteiger charge is -2.44. The number of hydrogen-bond acceptors (Lipinski definition) is 3. The maximum Gasteiger partial charge on any atom is 0.207 e. The van der Waals surface area contributed by atoms with Gasteiger partial charge in [-0.05, 0) is 38.2 Å². The van der Waals surface area contributed by atoms with E-state index in [4.69, 9.17) is 0 Å². The van der Waals surface area contributed by atoms with Crippen molar-refractivity contribution in [2.45, 2.75) is 11.8 Å². The lowest BCUT2D eigenvalue weighted by atomic mass is 9.58. The van der Waals surface area contributed by atoms with Crippen molar-refractivity contribution >= 4 is 27.5 Å². The minimum atomic E-state index is -0.151. The van der Waals surface area contributed by atoms with Crippen molar-refractivity contribution in [1.29, 1.82) is 0 Å². The second-order valence-corrected chi connectivity index (χ2v) is 8.05. The fraction of sp³-hybridized carbons (Fsp3) is 0.182. The van der Waals surface area contributed by atoms with Gasteiger partial charge in [0, 0.05) is 36.1 Å². The molecule has 0 radical (unpaired) electrons. The molecule has 0 N–H and O–H groups in total. The number of rotatable bonds is 1. The van der Waals surface area contributed by atoms with E-state index in [2.05, 4.69) is 40.2 Å². The molecule has 4 heteroatoms. The molecule has 2 aromatic carbocycles. The van der Waals surface area contributed by atoms with Crippen LogP contribution in [0.5, 0.6) is 0 Å². The van der Waals surface area contributed by atoms with Crippen molar-refractivity contribution in [3.05, 3.63) is 92.1 Å². The van der Waals surface area contributed by atoms with Crippen LogP contribution in [0.4, 0.5) is 0 Å². The predicted molar refractivity (Wildman–Crippen MR) is 101 cm³/mol. The summed E-state index contributed by atoms with van der Waals surface area (Å²) >= 11 is 3.45. The van der Waals surface area contributed by atoms with Crippen LogP contribution in [0.25, 0.3) is 0 Å². The van der Waals surface area contributed by atoms with E-state index in [0.29, 0.717) is 21.3 Å². The molecule has 26 heavy (non-hydrogen) atoms. The second kappa shape index (κ2) is 4.83. The van der Waals surface area contributed by atoms with Gasteiger partial charge in [0.25, 0.3) is 0 Å². The number of hydrogen-bond donors (Lipinski definition) is 0. The predicted octanol–water partition coefficient (Wildman–Crippen LogP) is 3.65. The Bertz CT molecular complexity index is 1060. The first kappa shape index (κ1) is 14.7. The van der Waals surface area contributed by atoms with Gasteiger partial charge in [0.15, 0.2) is 5.78 Å². The molecule has 7 rings (SSSR count). The van der Waals surface area contributed by atoms with Crippen molar-refractivity contribution in [1.82, 2.24) is 4.90 Å². The van der Waals surface area contributed by atoms with E-state index in [9.17, 15) is 9.59 Å². The number of Topliss-reactive ketones (excluding diaryl/α,β-unsaturated/α-hetero) is 2. The van der Waals surface area contributed by atoms with E-state index in [1.165, 1.54) is 11.1 Å². The molecule has 3 nitrogen and oxygen atoms in total. The topological polar surface area (TPSA) is 37.1 Å². The molecule has 126 valence electrons. The standard InChI is InChI=1S/C22H14BrNO2/c23-19-20(24-9-10-24)22(26)18-16-13-7-3-1-5-11(13)15(17(18)21(19)25)12-6-2-4-8-14(12)16/h1-8,15-16H,9-10H2. The number of nitrogens with zero attached hydrogens (tertiary/aromatic N) is 1. The molecule has 0 atom stereocenters. The average Bonchev–Trinajstić information content (AvgIpc) is 3.51. The van der Waals surface area contributed by atoms with E-state index in [1.54, 1.807) is 0 Å². The maximum atomic E-state index is 13.5. The highest BCUT2D eigenvalue weighted by Crippen LogP contribution is 2.58. The Morgan fingerprint density at radius 2 is 1.15 bits per heavy atom. The van der Waals surface area contributed by atoms with E-state index >= 15 is 0 Å².